The van der Waals surface area contributed by atoms with Crippen LogP contribution in [-0.2, 0) is 14.4 Å². The number of piperidine rings is 1. The van der Waals surface area contributed by atoms with Gasteiger partial charge in [-0.15, -0.1) is 0 Å². The van der Waals surface area contributed by atoms with Crippen molar-refractivity contribution in [3.63, 3.8) is 0 Å². The van der Waals surface area contributed by atoms with Gasteiger partial charge in [0.1, 0.15) is 5.75 Å². The van der Waals surface area contributed by atoms with Crippen LogP contribution in [0.3, 0.4) is 0 Å². The Morgan fingerprint density at radius 3 is 2.57 bits per heavy atom. The molecule has 1 aliphatic heterocycles. The highest BCUT2D eigenvalue weighted by Gasteiger charge is 2.28. The molecule has 1 saturated heterocycles. The monoisotopic (exact) mass is 409 g/mol. The Hall–Kier alpha value is -3.35. The van der Waals surface area contributed by atoms with Crippen molar-refractivity contribution >= 4 is 23.4 Å². The van der Waals surface area contributed by atoms with Crippen molar-refractivity contribution in [1.29, 1.82) is 0 Å². The fourth-order valence-electron chi connectivity index (χ4n) is 3.52. The van der Waals surface area contributed by atoms with Crippen LogP contribution >= 0.6 is 0 Å². The third kappa shape index (κ3) is 5.59. The second kappa shape index (κ2) is 9.91. The largest absolute Gasteiger partial charge is 0.497 e. The Morgan fingerprint density at radius 1 is 1.10 bits per heavy atom. The van der Waals surface area contributed by atoms with Crippen LogP contribution in [0, 0.1) is 5.92 Å². The highest BCUT2D eigenvalue weighted by atomic mass is 16.5. The van der Waals surface area contributed by atoms with E-state index in [-0.39, 0.29) is 30.2 Å². The summed E-state index contributed by atoms with van der Waals surface area (Å²) in [6, 6.07) is 15.4. The average Bonchev–Trinajstić information content (AvgIpc) is 2.78. The van der Waals surface area contributed by atoms with Crippen LogP contribution in [0.25, 0.3) is 11.1 Å². The summed E-state index contributed by atoms with van der Waals surface area (Å²) in [4.78, 5) is 37.6. The number of benzene rings is 2. The Balaban J connectivity index is 1.58. The first-order valence-corrected chi connectivity index (χ1v) is 10.0. The summed E-state index contributed by atoms with van der Waals surface area (Å²) >= 11 is 0. The SMILES string of the molecule is COc1cccc(-c2ccc(NC(=O)C3CCCN(C(=O)CNC(C)=O)C3)cc2)c1. The molecule has 1 aliphatic rings. The first kappa shape index (κ1) is 21.4. The van der Waals surface area contributed by atoms with Gasteiger partial charge in [-0.25, -0.2) is 0 Å². The standard InChI is InChI=1S/C23H27N3O4/c1-16(27)24-14-22(28)26-12-4-6-19(15-26)23(29)25-20-10-8-17(9-11-20)18-5-3-7-21(13-18)30-2/h3,5,7-11,13,19H,4,6,12,14-15H2,1-2H3,(H,24,27)(H,25,29). The van der Waals surface area contributed by atoms with Crippen LogP contribution in [0.4, 0.5) is 5.69 Å². The number of anilines is 1. The van der Waals surface area contributed by atoms with Crippen LogP contribution in [-0.4, -0.2) is 49.4 Å². The van der Waals surface area contributed by atoms with Gasteiger partial charge in [0.05, 0.1) is 19.6 Å². The minimum Gasteiger partial charge on any atom is -0.497 e. The molecule has 0 radical (unpaired) electrons. The molecule has 2 aromatic carbocycles. The van der Waals surface area contributed by atoms with Gasteiger partial charge in [-0.3, -0.25) is 14.4 Å². The number of hydrogen-bond donors (Lipinski definition) is 2. The minimum atomic E-state index is -0.266. The predicted octanol–water partition coefficient (Wildman–Crippen LogP) is 2.68. The quantitative estimate of drug-likeness (QED) is 0.768. The second-order valence-electron chi connectivity index (χ2n) is 7.39. The van der Waals surface area contributed by atoms with Crippen LogP contribution in [0.5, 0.6) is 5.75 Å². The molecule has 0 saturated carbocycles. The number of carbonyl (C=O) groups excluding carboxylic acids is 3. The number of likely N-dealkylation sites (tertiary alicyclic amines) is 1. The third-order valence-electron chi connectivity index (χ3n) is 5.19. The summed E-state index contributed by atoms with van der Waals surface area (Å²) in [5, 5.41) is 5.47. The second-order valence-corrected chi connectivity index (χ2v) is 7.39. The van der Waals surface area contributed by atoms with Gasteiger partial charge in [-0.1, -0.05) is 24.3 Å². The van der Waals surface area contributed by atoms with E-state index in [1.807, 2.05) is 48.5 Å². The van der Waals surface area contributed by atoms with Crippen LogP contribution in [0.2, 0.25) is 0 Å². The summed E-state index contributed by atoms with van der Waals surface area (Å²) in [5.74, 6) is 0.0245. The number of hydrogen-bond acceptors (Lipinski definition) is 4. The molecule has 1 atom stereocenters. The average molecular weight is 409 g/mol. The number of rotatable bonds is 6. The minimum absolute atomic E-state index is 0.0323. The van der Waals surface area contributed by atoms with Crippen molar-refractivity contribution in [2.75, 3.05) is 32.1 Å². The normalized spacial score (nSPS) is 15.9. The summed E-state index contributed by atoms with van der Waals surface area (Å²) in [7, 11) is 1.64. The van der Waals surface area contributed by atoms with E-state index in [9.17, 15) is 14.4 Å². The van der Waals surface area contributed by atoms with Gasteiger partial charge in [0.2, 0.25) is 17.7 Å². The first-order chi connectivity index (χ1) is 14.5. The number of nitrogens with one attached hydrogen (secondary N) is 2. The molecule has 1 fully saturated rings. The number of amides is 3. The van der Waals surface area contributed by atoms with E-state index in [0.717, 1.165) is 29.7 Å². The molecule has 2 N–H and O–H groups in total. The van der Waals surface area contributed by atoms with Gasteiger partial charge in [-0.2, -0.15) is 0 Å². The summed E-state index contributed by atoms with van der Waals surface area (Å²) in [6.07, 6.45) is 1.50. The lowest BCUT2D eigenvalue weighted by Crippen LogP contribution is -2.47. The van der Waals surface area contributed by atoms with E-state index in [4.69, 9.17) is 4.74 Å². The van der Waals surface area contributed by atoms with Gasteiger partial charge in [0.15, 0.2) is 0 Å². The number of ether oxygens (including phenoxy) is 1. The zero-order chi connectivity index (χ0) is 21.5. The summed E-state index contributed by atoms with van der Waals surface area (Å²) in [5.41, 5.74) is 2.78. The van der Waals surface area contributed by atoms with E-state index >= 15 is 0 Å². The third-order valence-corrected chi connectivity index (χ3v) is 5.19. The van der Waals surface area contributed by atoms with Gasteiger partial charge in [-0.05, 0) is 48.2 Å². The number of methoxy groups -OCH3 is 1. The topological polar surface area (TPSA) is 87.7 Å². The molecule has 2 aromatic rings. The summed E-state index contributed by atoms with van der Waals surface area (Å²) in [6.45, 7) is 2.32. The Kier molecular flexibility index (Phi) is 7.06. The van der Waals surface area contributed by atoms with Crippen LogP contribution < -0.4 is 15.4 Å². The van der Waals surface area contributed by atoms with E-state index in [1.165, 1.54) is 6.92 Å². The van der Waals surface area contributed by atoms with Crippen LogP contribution in [0.15, 0.2) is 48.5 Å². The Bertz CT molecular complexity index is 911. The van der Waals surface area contributed by atoms with Gasteiger partial charge in [0, 0.05) is 25.7 Å². The Labute approximate surface area is 176 Å². The fraction of sp³-hybridized carbons (Fsp3) is 0.348. The highest BCUT2D eigenvalue weighted by Crippen LogP contribution is 2.25. The van der Waals surface area contributed by atoms with Gasteiger partial charge < -0.3 is 20.3 Å². The van der Waals surface area contributed by atoms with Crippen molar-refractivity contribution in [3.8, 4) is 16.9 Å². The molecule has 0 bridgehead atoms. The maximum Gasteiger partial charge on any atom is 0.241 e. The molecule has 30 heavy (non-hydrogen) atoms. The van der Waals surface area contributed by atoms with Crippen molar-refractivity contribution in [2.24, 2.45) is 5.92 Å². The van der Waals surface area contributed by atoms with Crippen molar-refractivity contribution in [1.82, 2.24) is 10.2 Å². The molecule has 1 heterocycles. The van der Waals surface area contributed by atoms with Gasteiger partial charge in [0.25, 0.3) is 0 Å². The lowest BCUT2D eigenvalue weighted by Gasteiger charge is -2.32. The first-order valence-electron chi connectivity index (χ1n) is 10.0. The van der Waals surface area contributed by atoms with E-state index in [0.29, 0.717) is 18.8 Å². The molecular formula is C23H27N3O4. The molecule has 158 valence electrons. The zero-order valence-corrected chi connectivity index (χ0v) is 17.3. The molecule has 7 heteroatoms. The maximum atomic E-state index is 12.7. The number of nitrogens with zero attached hydrogens (tertiary/aromatic N) is 1. The molecule has 0 spiro atoms. The van der Waals surface area contributed by atoms with E-state index < -0.39 is 0 Å². The fourth-order valence-corrected chi connectivity index (χ4v) is 3.52. The lowest BCUT2D eigenvalue weighted by atomic mass is 9.96. The number of carbonyl (C=O) groups is 3. The predicted molar refractivity (Wildman–Crippen MR) is 115 cm³/mol. The van der Waals surface area contributed by atoms with E-state index in [1.54, 1.807) is 12.0 Å². The van der Waals surface area contributed by atoms with Crippen molar-refractivity contribution in [2.45, 2.75) is 19.8 Å². The molecule has 1 unspecified atom stereocenters. The van der Waals surface area contributed by atoms with Crippen molar-refractivity contribution < 1.29 is 19.1 Å². The highest BCUT2D eigenvalue weighted by molar-refractivity contribution is 5.93. The molecular weight excluding hydrogens is 382 g/mol. The Morgan fingerprint density at radius 2 is 1.87 bits per heavy atom. The summed E-state index contributed by atoms with van der Waals surface area (Å²) < 4.78 is 5.27. The molecule has 0 aromatic heterocycles. The zero-order valence-electron chi connectivity index (χ0n) is 17.3. The van der Waals surface area contributed by atoms with Crippen LogP contribution in [0.1, 0.15) is 19.8 Å². The lowest BCUT2D eigenvalue weighted by molar-refractivity contribution is -0.135. The molecule has 7 nitrogen and oxygen atoms in total. The molecule has 0 aliphatic carbocycles. The maximum absolute atomic E-state index is 12.7. The van der Waals surface area contributed by atoms with E-state index in [2.05, 4.69) is 10.6 Å². The molecule has 3 rings (SSSR count). The smallest absolute Gasteiger partial charge is 0.241 e. The molecule has 3 amide bonds. The van der Waals surface area contributed by atoms with Crippen molar-refractivity contribution in [3.05, 3.63) is 48.5 Å². The van der Waals surface area contributed by atoms with Gasteiger partial charge >= 0.3 is 0 Å².